The van der Waals surface area contributed by atoms with Crippen LogP contribution in [-0.4, -0.2) is 10.9 Å². The molecule has 19 heavy (non-hydrogen) atoms. The number of aromatic nitrogens is 1. The summed E-state index contributed by atoms with van der Waals surface area (Å²) in [4.78, 5) is 24.7. The fourth-order valence-corrected chi connectivity index (χ4v) is 1.39. The number of pyridine rings is 1. The Hall–Kier alpha value is -2.57. The molecule has 0 radical (unpaired) electrons. The Bertz CT molecular complexity index is 677. The molecule has 2 aromatic rings. The zero-order chi connectivity index (χ0) is 14.0. The second-order valence-electron chi connectivity index (χ2n) is 3.62. The summed E-state index contributed by atoms with van der Waals surface area (Å²) in [6.45, 7) is 0. The number of rotatable bonds is 2. The normalized spacial score (nSPS) is 10.3. The Labute approximate surface area is 104 Å². The third kappa shape index (κ3) is 2.65. The van der Waals surface area contributed by atoms with Gasteiger partial charge >= 0.3 is 0 Å². The zero-order valence-corrected chi connectivity index (χ0v) is 9.34. The molecule has 1 amide bonds. The molecular weight excluding hydrogens is 261 g/mol. The second kappa shape index (κ2) is 4.97. The van der Waals surface area contributed by atoms with Gasteiger partial charge in [-0.25, -0.2) is 13.2 Å². The van der Waals surface area contributed by atoms with Crippen molar-refractivity contribution in [3.63, 3.8) is 0 Å². The van der Waals surface area contributed by atoms with E-state index in [1.807, 2.05) is 0 Å². The van der Waals surface area contributed by atoms with Crippen molar-refractivity contribution in [2.24, 2.45) is 0 Å². The number of carbonyl (C=O) groups excluding carboxylic acids is 1. The van der Waals surface area contributed by atoms with Gasteiger partial charge in [-0.05, 0) is 18.2 Å². The predicted octanol–water partition coefficient (Wildman–Crippen LogP) is 2.04. The van der Waals surface area contributed by atoms with Crippen molar-refractivity contribution in [2.75, 3.05) is 5.32 Å². The summed E-state index contributed by atoms with van der Waals surface area (Å²) >= 11 is 0. The van der Waals surface area contributed by atoms with Gasteiger partial charge in [0.25, 0.3) is 5.91 Å². The molecule has 4 nitrogen and oxygen atoms in total. The lowest BCUT2D eigenvalue weighted by Crippen LogP contribution is -2.16. The van der Waals surface area contributed by atoms with E-state index in [-0.39, 0.29) is 11.2 Å². The van der Waals surface area contributed by atoms with Crippen LogP contribution in [0.15, 0.2) is 35.3 Å². The second-order valence-corrected chi connectivity index (χ2v) is 3.62. The van der Waals surface area contributed by atoms with Crippen LogP contribution in [0.25, 0.3) is 0 Å². The first kappa shape index (κ1) is 12.9. The summed E-state index contributed by atoms with van der Waals surface area (Å²) in [5.74, 6) is -5.61. The van der Waals surface area contributed by atoms with Gasteiger partial charge in [-0.2, -0.15) is 0 Å². The largest absolute Gasteiger partial charge is 0.327 e. The maximum absolute atomic E-state index is 13.3. The Morgan fingerprint density at radius 2 is 1.79 bits per heavy atom. The minimum absolute atomic E-state index is 0.189. The Kier molecular flexibility index (Phi) is 3.37. The zero-order valence-electron chi connectivity index (χ0n) is 9.34. The lowest BCUT2D eigenvalue weighted by Gasteiger charge is -2.06. The highest BCUT2D eigenvalue weighted by Crippen LogP contribution is 2.16. The van der Waals surface area contributed by atoms with Gasteiger partial charge in [0.1, 0.15) is 0 Å². The molecule has 0 spiro atoms. The van der Waals surface area contributed by atoms with Gasteiger partial charge in [0.15, 0.2) is 17.5 Å². The number of benzene rings is 1. The number of H-pyrrole nitrogens is 1. The Balaban J connectivity index is 2.28. The molecule has 98 valence electrons. The van der Waals surface area contributed by atoms with E-state index in [9.17, 15) is 22.8 Å². The average molecular weight is 268 g/mol. The minimum atomic E-state index is -1.71. The summed E-state index contributed by atoms with van der Waals surface area (Å²) < 4.78 is 39.0. The number of anilines is 1. The number of carbonyl (C=O) groups is 1. The topological polar surface area (TPSA) is 62.0 Å². The van der Waals surface area contributed by atoms with Crippen molar-refractivity contribution in [3.05, 3.63) is 63.8 Å². The smallest absolute Gasteiger partial charge is 0.258 e. The van der Waals surface area contributed by atoms with Crippen molar-refractivity contribution in [1.29, 1.82) is 0 Å². The number of aromatic amines is 1. The minimum Gasteiger partial charge on any atom is -0.327 e. The van der Waals surface area contributed by atoms with E-state index in [0.29, 0.717) is 6.07 Å². The maximum Gasteiger partial charge on any atom is 0.258 e. The molecule has 0 unspecified atom stereocenters. The van der Waals surface area contributed by atoms with Gasteiger partial charge in [-0.15, -0.1) is 0 Å². The Morgan fingerprint density at radius 3 is 2.42 bits per heavy atom. The quantitative estimate of drug-likeness (QED) is 0.819. The van der Waals surface area contributed by atoms with Gasteiger partial charge in [-0.1, -0.05) is 0 Å². The highest BCUT2D eigenvalue weighted by Gasteiger charge is 2.18. The first-order valence-electron chi connectivity index (χ1n) is 5.12. The lowest BCUT2D eigenvalue weighted by molar-refractivity contribution is 0.102. The summed E-state index contributed by atoms with van der Waals surface area (Å²) in [6.07, 6.45) is 1.19. The molecule has 2 N–H and O–H groups in total. The van der Waals surface area contributed by atoms with Crippen LogP contribution >= 0.6 is 0 Å². The monoisotopic (exact) mass is 268 g/mol. The standard InChI is InChI=1S/C12H7F3N2O2/c13-8-3-2-7(10(14)11(8)15)12(19)17-6-1-4-9(18)16-5-6/h1-5H,(H,16,18)(H,17,19). The number of nitrogens with one attached hydrogen (secondary N) is 2. The van der Waals surface area contributed by atoms with E-state index in [2.05, 4.69) is 10.3 Å². The molecule has 0 bridgehead atoms. The van der Waals surface area contributed by atoms with E-state index >= 15 is 0 Å². The van der Waals surface area contributed by atoms with Crippen LogP contribution in [0.3, 0.4) is 0 Å². The van der Waals surface area contributed by atoms with Crippen LogP contribution in [0, 0.1) is 17.5 Å². The molecule has 1 heterocycles. The summed E-state index contributed by atoms with van der Waals surface area (Å²) in [6, 6.07) is 3.92. The van der Waals surface area contributed by atoms with Gasteiger partial charge < -0.3 is 10.3 Å². The summed E-state index contributed by atoms with van der Waals surface area (Å²) in [5, 5.41) is 2.23. The van der Waals surface area contributed by atoms with E-state index in [4.69, 9.17) is 0 Å². The number of hydrogen-bond donors (Lipinski definition) is 2. The number of amides is 1. The lowest BCUT2D eigenvalue weighted by atomic mass is 10.2. The van der Waals surface area contributed by atoms with Crippen molar-refractivity contribution < 1.29 is 18.0 Å². The van der Waals surface area contributed by atoms with Crippen molar-refractivity contribution in [2.45, 2.75) is 0 Å². The van der Waals surface area contributed by atoms with Crippen LogP contribution in [0.2, 0.25) is 0 Å². The molecule has 2 rings (SSSR count). The van der Waals surface area contributed by atoms with Gasteiger partial charge in [-0.3, -0.25) is 9.59 Å². The van der Waals surface area contributed by atoms with E-state index < -0.39 is 28.9 Å². The Morgan fingerprint density at radius 1 is 1.05 bits per heavy atom. The first-order valence-corrected chi connectivity index (χ1v) is 5.12. The van der Waals surface area contributed by atoms with Gasteiger partial charge in [0, 0.05) is 12.3 Å². The molecule has 0 aliphatic heterocycles. The highest BCUT2D eigenvalue weighted by molar-refractivity contribution is 6.04. The first-order chi connectivity index (χ1) is 8.99. The van der Waals surface area contributed by atoms with Crippen LogP contribution in [0.1, 0.15) is 10.4 Å². The molecule has 0 fully saturated rings. The third-order valence-corrected chi connectivity index (χ3v) is 2.32. The van der Waals surface area contributed by atoms with E-state index in [1.54, 1.807) is 0 Å². The van der Waals surface area contributed by atoms with Crippen molar-refractivity contribution >= 4 is 11.6 Å². The number of halogens is 3. The molecule has 1 aromatic carbocycles. The van der Waals surface area contributed by atoms with E-state index in [0.717, 1.165) is 12.1 Å². The predicted molar refractivity (Wildman–Crippen MR) is 61.3 cm³/mol. The van der Waals surface area contributed by atoms with Gasteiger partial charge in [0.05, 0.1) is 11.3 Å². The van der Waals surface area contributed by atoms with Gasteiger partial charge in [0.2, 0.25) is 5.56 Å². The maximum atomic E-state index is 13.3. The molecule has 7 heteroatoms. The molecule has 0 atom stereocenters. The molecule has 0 aliphatic rings. The highest BCUT2D eigenvalue weighted by atomic mass is 19.2. The van der Waals surface area contributed by atoms with Crippen LogP contribution in [0.5, 0.6) is 0 Å². The fourth-order valence-electron chi connectivity index (χ4n) is 1.39. The summed E-state index contributed by atoms with van der Waals surface area (Å²) in [7, 11) is 0. The molecular formula is C12H7F3N2O2. The molecule has 0 saturated carbocycles. The van der Waals surface area contributed by atoms with Crippen LogP contribution in [-0.2, 0) is 0 Å². The van der Waals surface area contributed by atoms with E-state index in [1.165, 1.54) is 12.3 Å². The molecule has 0 saturated heterocycles. The van der Waals surface area contributed by atoms with Crippen LogP contribution in [0.4, 0.5) is 18.9 Å². The average Bonchev–Trinajstić information content (AvgIpc) is 2.39. The fraction of sp³-hybridized carbons (Fsp3) is 0. The van der Waals surface area contributed by atoms with Crippen LogP contribution < -0.4 is 10.9 Å². The SMILES string of the molecule is O=C(Nc1ccc(=O)[nH]c1)c1ccc(F)c(F)c1F. The van der Waals surface area contributed by atoms with Crippen molar-refractivity contribution in [1.82, 2.24) is 4.98 Å². The molecule has 1 aromatic heterocycles. The molecule has 0 aliphatic carbocycles. The van der Waals surface area contributed by atoms with Crippen molar-refractivity contribution in [3.8, 4) is 0 Å². The number of hydrogen-bond acceptors (Lipinski definition) is 2. The summed E-state index contributed by atoms with van der Waals surface area (Å²) in [5.41, 5.74) is -0.823. The third-order valence-electron chi connectivity index (χ3n) is 2.32.